The minimum atomic E-state index is 0.386. The lowest BCUT2D eigenvalue weighted by molar-refractivity contribution is 0.368. The number of piperidine rings is 1. The Morgan fingerprint density at radius 1 is 1.12 bits per heavy atom. The van der Waals surface area contributed by atoms with Gasteiger partial charge in [-0.05, 0) is 68.8 Å². The Morgan fingerprint density at radius 2 is 2.03 bits per heavy atom. The van der Waals surface area contributed by atoms with Gasteiger partial charge in [0.25, 0.3) is 0 Å². The monoisotopic (exact) mass is 427 g/mol. The molecule has 0 bridgehead atoms. The molecule has 2 fully saturated rings. The molecular weight excluding hydrogens is 398 g/mol. The number of hydrogen-bond acceptors (Lipinski definition) is 6. The highest BCUT2D eigenvalue weighted by Crippen LogP contribution is 2.41. The molecule has 0 radical (unpaired) electrons. The van der Waals surface area contributed by atoms with Gasteiger partial charge in [-0.15, -0.1) is 0 Å². The number of aryl methyl sites for hydroxylation is 1. The molecule has 2 aliphatic rings. The van der Waals surface area contributed by atoms with Crippen molar-refractivity contribution < 1.29 is 0 Å². The number of rotatable bonds is 4. The SMILES string of the molecule is Cc1cc2c(-c3nc(N[C@@H]4CCNC[C@@H]4C)c4c(C5CCC5)cncc4n3)ccnc2[nH]1. The maximum atomic E-state index is 5.15. The molecule has 7 nitrogen and oxygen atoms in total. The van der Waals surface area contributed by atoms with Crippen molar-refractivity contribution in [2.45, 2.75) is 51.5 Å². The maximum Gasteiger partial charge on any atom is 0.163 e. The van der Waals surface area contributed by atoms with Crippen LogP contribution in [-0.2, 0) is 0 Å². The Bertz CT molecular complexity index is 1290. The molecule has 32 heavy (non-hydrogen) atoms. The molecule has 4 aromatic rings. The second-order valence-corrected chi connectivity index (χ2v) is 9.44. The Morgan fingerprint density at radius 3 is 2.84 bits per heavy atom. The Kier molecular flexibility index (Phi) is 4.79. The lowest BCUT2D eigenvalue weighted by Gasteiger charge is -2.32. The highest BCUT2D eigenvalue weighted by molar-refractivity contribution is 5.97. The van der Waals surface area contributed by atoms with Crippen molar-refractivity contribution in [2.24, 2.45) is 5.92 Å². The summed E-state index contributed by atoms with van der Waals surface area (Å²) in [6.07, 6.45) is 10.6. The van der Waals surface area contributed by atoms with Crippen LogP contribution in [0.15, 0.2) is 30.7 Å². The van der Waals surface area contributed by atoms with Gasteiger partial charge in [0.15, 0.2) is 5.82 Å². The van der Waals surface area contributed by atoms with E-state index in [2.05, 4.69) is 38.6 Å². The molecule has 6 rings (SSSR count). The third-order valence-corrected chi connectivity index (χ3v) is 7.20. The topological polar surface area (TPSA) is 91.4 Å². The first-order valence-corrected chi connectivity index (χ1v) is 11.7. The standard InChI is InChI=1S/C25H29N7/c1-14-11-26-8-7-20(14)30-25-22-19(16-4-3-5-16)12-27-13-21(22)31-24(32-25)17-6-9-28-23-18(17)10-15(2)29-23/h6,9-10,12-14,16,20,26H,3-5,7-8,11H2,1-2H3,(H,28,29)(H,30,31,32)/t14-,20+/m0/s1. The van der Waals surface area contributed by atoms with E-state index in [0.29, 0.717) is 17.9 Å². The maximum absolute atomic E-state index is 5.15. The van der Waals surface area contributed by atoms with Crippen LogP contribution in [0.2, 0.25) is 0 Å². The molecule has 2 atom stereocenters. The summed E-state index contributed by atoms with van der Waals surface area (Å²) in [5.74, 6) is 2.77. The Labute approximate surface area is 187 Å². The first-order chi connectivity index (χ1) is 15.7. The third-order valence-electron chi connectivity index (χ3n) is 7.20. The molecule has 0 aromatic carbocycles. The number of aromatic amines is 1. The van der Waals surface area contributed by atoms with Crippen LogP contribution in [0.3, 0.4) is 0 Å². The van der Waals surface area contributed by atoms with Crippen LogP contribution in [-0.4, -0.2) is 44.1 Å². The summed E-state index contributed by atoms with van der Waals surface area (Å²) in [6, 6.07) is 4.52. The second kappa shape index (κ2) is 7.81. The highest BCUT2D eigenvalue weighted by atomic mass is 15.1. The number of aromatic nitrogens is 5. The molecule has 1 aliphatic heterocycles. The summed E-state index contributed by atoms with van der Waals surface area (Å²) in [6.45, 7) is 6.41. The predicted octanol–water partition coefficient (Wildman–Crippen LogP) is 4.55. The lowest BCUT2D eigenvalue weighted by atomic mass is 9.79. The summed E-state index contributed by atoms with van der Waals surface area (Å²) in [7, 11) is 0. The van der Waals surface area contributed by atoms with Crippen LogP contribution in [0, 0.1) is 12.8 Å². The van der Waals surface area contributed by atoms with E-state index in [1.54, 1.807) is 0 Å². The Balaban J connectivity index is 1.54. The van der Waals surface area contributed by atoms with Crippen molar-refractivity contribution in [3.05, 3.63) is 42.0 Å². The van der Waals surface area contributed by atoms with E-state index in [0.717, 1.165) is 64.3 Å². The normalized spacial score (nSPS) is 21.7. The number of pyridine rings is 2. The fourth-order valence-corrected chi connectivity index (χ4v) is 5.12. The van der Waals surface area contributed by atoms with Crippen molar-refractivity contribution in [1.29, 1.82) is 0 Å². The van der Waals surface area contributed by atoms with E-state index in [9.17, 15) is 0 Å². The predicted molar refractivity (Wildman–Crippen MR) is 128 cm³/mol. The second-order valence-electron chi connectivity index (χ2n) is 9.44. The average molecular weight is 428 g/mol. The molecule has 4 aromatic heterocycles. The van der Waals surface area contributed by atoms with Crippen LogP contribution in [0.1, 0.15) is 49.8 Å². The molecule has 164 valence electrons. The summed E-state index contributed by atoms with van der Waals surface area (Å²) in [5, 5.41) is 9.54. The third kappa shape index (κ3) is 3.32. The molecule has 0 unspecified atom stereocenters. The van der Waals surface area contributed by atoms with Crippen LogP contribution in [0.4, 0.5) is 5.82 Å². The number of nitrogens with one attached hydrogen (secondary N) is 3. The van der Waals surface area contributed by atoms with Crippen molar-refractivity contribution in [2.75, 3.05) is 18.4 Å². The number of anilines is 1. The van der Waals surface area contributed by atoms with E-state index < -0.39 is 0 Å². The first kappa shape index (κ1) is 19.6. The molecule has 5 heterocycles. The lowest BCUT2D eigenvalue weighted by Crippen LogP contribution is -2.42. The fourth-order valence-electron chi connectivity index (χ4n) is 5.12. The smallest absolute Gasteiger partial charge is 0.163 e. The van der Waals surface area contributed by atoms with Crippen LogP contribution >= 0.6 is 0 Å². The summed E-state index contributed by atoms with van der Waals surface area (Å²) < 4.78 is 0. The molecule has 1 saturated heterocycles. The summed E-state index contributed by atoms with van der Waals surface area (Å²) in [5.41, 5.74) is 5.15. The van der Waals surface area contributed by atoms with Crippen LogP contribution in [0.5, 0.6) is 0 Å². The zero-order valence-electron chi connectivity index (χ0n) is 18.7. The molecule has 7 heteroatoms. The van der Waals surface area contributed by atoms with E-state index in [1.807, 2.05) is 31.6 Å². The number of nitrogens with zero attached hydrogens (tertiary/aromatic N) is 4. The van der Waals surface area contributed by atoms with E-state index in [-0.39, 0.29) is 0 Å². The quantitative estimate of drug-likeness (QED) is 0.442. The van der Waals surface area contributed by atoms with Crippen molar-refractivity contribution in [3.63, 3.8) is 0 Å². The zero-order chi connectivity index (χ0) is 21.7. The van der Waals surface area contributed by atoms with Crippen molar-refractivity contribution in [3.8, 4) is 11.4 Å². The molecule has 3 N–H and O–H groups in total. The minimum absolute atomic E-state index is 0.386. The zero-order valence-corrected chi connectivity index (χ0v) is 18.7. The molecule has 1 aliphatic carbocycles. The molecule has 0 amide bonds. The van der Waals surface area contributed by atoms with Crippen LogP contribution in [0.25, 0.3) is 33.3 Å². The summed E-state index contributed by atoms with van der Waals surface area (Å²) >= 11 is 0. The van der Waals surface area contributed by atoms with Gasteiger partial charge in [0.05, 0.1) is 11.7 Å². The van der Waals surface area contributed by atoms with Crippen molar-refractivity contribution in [1.82, 2.24) is 30.2 Å². The van der Waals surface area contributed by atoms with Gasteiger partial charge in [0, 0.05) is 40.5 Å². The van der Waals surface area contributed by atoms with Gasteiger partial charge < -0.3 is 15.6 Å². The first-order valence-electron chi connectivity index (χ1n) is 11.7. The van der Waals surface area contributed by atoms with E-state index >= 15 is 0 Å². The van der Waals surface area contributed by atoms with Gasteiger partial charge in [0.2, 0.25) is 0 Å². The van der Waals surface area contributed by atoms with E-state index in [4.69, 9.17) is 9.97 Å². The van der Waals surface area contributed by atoms with Gasteiger partial charge in [-0.2, -0.15) is 0 Å². The van der Waals surface area contributed by atoms with Crippen molar-refractivity contribution >= 4 is 27.8 Å². The largest absolute Gasteiger partial charge is 0.366 e. The van der Waals surface area contributed by atoms with Gasteiger partial charge in [-0.1, -0.05) is 13.3 Å². The number of hydrogen-bond donors (Lipinski definition) is 3. The summed E-state index contributed by atoms with van der Waals surface area (Å²) in [4.78, 5) is 22.5. The highest BCUT2D eigenvalue weighted by Gasteiger charge is 2.27. The molecular formula is C25H29N7. The number of H-pyrrole nitrogens is 1. The minimum Gasteiger partial charge on any atom is -0.366 e. The van der Waals surface area contributed by atoms with E-state index in [1.165, 1.54) is 24.8 Å². The molecule has 1 saturated carbocycles. The van der Waals surface area contributed by atoms with Gasteiger partial charge in [-0.25, -0.2) is 15.0 Å². The molecule has 0 spiro atoms. The fraction of sp³-hybridized carbons (Fsp3) is 0.440. The Hall–Kier alpha value is -3.06. The van der Waals surface area contributed by atoms with Gasteiger partial charge >= 0.3 is 0 Å². The van der Waals surface area contributed by atoms with Gasteiger partial charge in [0.1, 0.15) is 11.5 Å². The van der Waals surface area contributed by atoms with Gasteiger partial charge in [-0.3, -0.25) is 4.98 Å². The average Bonchev–Trinajstić information content (AvgIpc) is 3.14. The number of fused-ring (bicyclic) bond motifs is 2. The van der Waals surface area contributed by atoms with Crippen LogP contribution < -0.4 is 10.6 Å².